The zero-order chi connectivity index (χ0) is 21.2. The number of aryl methyl sites for hydroxylation is 1. The first-order valence-corrected chi connectivity index (χ1v) is 12.3. The van der Waals surface area contributed by atoms with Gasteiger partial charge in [-0.2, -0.15) is 4.31 Å². The first-order chi connectivity index (χ1) is 13.6. The van der Waals surface area contributed by atoms with Crippen LogP contribution in [0.4, 0.5) is 5.13 Å². The van der Waals surface area contributed by atoms with Gasteiger partial charge in [0.2, 0.25) is 15.9 Å². The van der Waals surface area contributed by atoms with Crippen LogP contribution in [0.25, 0.3) is 10.2 Å². The molecule has 11 heteroatoms. The Morgan fingerprint density at radius 1 is 1.34 bits per heavy atom. The smallest absolute Gasteiger partial charge is 0.244 e. The third-order valence-corrected chi connectivity index (χ3v) is 7.34. The third kappa shape index (κ3) is 5.65. The molecule has 1 aliphatic heterocycles. The third-order valence-electron chi connectivity index (χ3n) is 4.84. The molecule has 0 spiro atoms. The summed E-state index contributed by atoms with van der Waals surface area (Å²) in [4.78, 5) is 21.5. The largest absolute Gasteiger partial charge is 0.379 e. The molecule has 1 aromatic heterocycles. The number of hydrogen-bond donors (Lipinski definition) is 0. The molecule has 2 heterocycles. The van der Waals surface area contributed by atoms with E-state index >= 15 is 0 Å². The molecule has 3 rings (SSSR count). The van der Waals surface area contributed by atoms with Crippen molar-refractivity contribution in [3.63, 3.8) is 0 Å². The summed E-state index contributed by atoms with van der Waals surface area (Å²) in [5.41, 5.74) is 1.74. The van der Waals surface area contributed by atoms with E-state index < -0.39 is 10.0 Å². The van der Waals surface area contributed by atoms with Crippen LogP contribution in [0.1, 0.15) is 5.56 Å². The molecule has 0 atom stereocenters. The summed E-state index contributed by atoms with van der Waals surface area (Å²) in [6.45, 7) is 5.72. The molecule has 1 saturated heterocycles. The number of ether oxygens (including phenoxy) is 1. The van der Waals surface area contributed by atoms with Crippen molar-refractivity contribution in [3.05, 3.63) is 22.7 Å². The molecular weight excluding hydrogens is 436 g/mol. The van der Waals surface area contributed by atoms with Gasteiger partial charge in [0, 0.05) is 38.2 Å². The van der Waals surface area contributed by atoms with Crippen LogP contribution >= 0.6 is 22.9 Å². The average molecular weight is 461 g/mol. The van der Waals surface area contributed by atoms with E-state index in [1.165, 1.54) is 18.4 Å². The summed E-state index contributed by atoms with van der Waals surface area (Å²) in [7, 11) is -2.06. The quantitative estimate of drug-likeness (QED) is 0.626. The number of hydrogen-bond acceptors (Lipinski definition) is 7. The highest BCUT2D eigenvalue weighted by Crippen LogP contribution is 2.33. The van der Waals surface area contributed by atoms with Crippen molar-refractivity contribution in [2.45, 2.75) is 6.92 Å². The Kier molecular flexibility index (Phi) is 7.13. The van der Waals surface area contributed by atoms with Gasteiger partial charge in [0.15, 0.2) is 5.13 Å². The fraction of sp³-hybridized carbons (Fsp3) is 0.556. The second-order valence-corrected chi connectivity index (χ2v) is 10.6. The number of carbonyl (C=O) groups excluding carboxylic acids is 1. The minimum Gasteiger partial charge on any atom is -0.379 e. The molecule has 1 aromatic carbocycles. The van der Waals surface area contributed by atoms with Gasteiger partial charge < -0.3 is 4.74 Å². The molecule has 1 fully saturated rings. The Morgan fingerprint density at radius 2 is 2.03 bits per heavy atom. The van der Waals surface area contributed by atoms with Gasteiger partial charge in [0.1, 0.15) is 0 Å². The second kappa shape index (κ2) is 9.23. The van der Waals surface area contributed by atoms with Crippen LogP contribution in [0, 0.1) is 6.92 Å². The number of morpholine rings is 1. The number of nitrogens with zero attached hydrogens (tertiary/aromatic N) is 4. The molecule has 8 nitrogen and oxygen atoms in total. The highest BCUT2D eigenvalue weighted by atomic mass is 35.5. The molecule has 1 amide bonds. The number of likely N-dealkylation sites (N-methyl/N-ethyl adjacent to an activating group) is 1. The standard InChI is InChI=1S/C18H25ClN4O4S2/c1-13-10-14(19)11-15-17(13)20-18(28-15)23(5-4-22-6-8-27-9-7-22)16(24)12-21(2)29(3,25)26/h10-11H,4-9,12H2,1-3H3. The van der Waals surface area contributed by atoms with Gasteiger partial charge in [-0.15, -0.1) is 0 Å². The highest BCUT2D eigenvalue weighted by Gasteiger charge is 2.25. The summed E-state index contributed by atoms with van der Waals surface area (Å²) in [6.07, 6.45) is 1.08. The molecule has 0 saturated carbocycles. The Balaban J connectivity index is 1.87. The lowest BCUT2D eigenvalue weighted by Gasteiger charge is -2.29. The van der Waals surface area contributed by atoms with Crippen LogP contribution < -0.4 is 4.90 Å². The van der Waals surface area contributed by atoms with E-state index in [2.05, 4.69) is 9.88 Å². The summed E-state index contributed by atoms with van der Waals surface area (Å²) in [5, 5.41) is 1.17. The minimum absolute atomic E-state index is 0.238. The molecule has 1 aliphatic rings. The topological polar surface area (TPSA) is 83.0 Å². The minimum atomic E-state index is -3.46. The molecular formula is C18H25ClN4O4S2. The molecule has 0 unspecified atom stereocenters. The molecule has 160 valence electrons. The summed E-state index contributed by atoms with van der Waals surface area (Å²) in [5.74, 6) is -0.311. The lowest BCUT2D eigenvalue weighted by Crippen LogP contribution is -2.46. The number of halogens is 1. The molecule has 0 bridgehead atoms. The lowest BCUT2D eigenvalue weighted by molar-refractivity contribution is -0.118. The number of rotatable bonds is 7. The number of carbonyl (C=O) groups is 1. The lowest BCUT2D eigenvalue weighted by atomic mass is 10.2. The number of aromatic nitrogens is 1. The predicted octanol–water partition coefficient (Wildman–Crippen LogP) is 1.81. The maximum Gasteiger partial charge on any atom is 0.244 e. The van der Waals surface area contributed by atoms with E-state index in [0.29, 0.717) is 36.5 Å². The van der Waals surface area contributed by atoms with Gasteiger partial charge >= 0.3 is 0 Å². The van der Waals surface area contributed by atoms with E-state index in [1.807, 2.05) is 19.1 Å². The van der Waals surface area contributed by atoms with Crippen molar-refractivity contribution in [1.82, 2.24) is 14.2 Å². The number of sulfonamides is 1. The monoisotopic (exact) mass is 460 g/mol. The number of thiazole rings is 1. The van der Waals surface area contributed by atoms with E-state index in [-0.39, 0.29) is 12.5 Å². The average Bonchev–Trinajstić information content (AvgIpc) is 3.06. The Labute approximate surface area is 180 Å². The normalized spacial score (nSPS) is 15.9. The van der Waals surface area contributed by atoms with Crippen LogP contribution in [0.2, 0.25) is 5.02 Å². The van der Waals surface area contributed by atoms with Gasteiger partial charge in [-0.3, -0.25) is 14.6 Å². The van der Waals surface area contributed by atoms with Crippen molar-refractivity contribution < 1.29 is 17.9 Å². The maximum absolute atomic E-state index is 13.0. The van der Waals surface area contributed by atoms with Crippen molar-refractivity contribution in [3.8, 4) is 0 Å². The number of anilines is 1. The number of amides is 1. The zero-order valence-electron chi connectivity index (χ0n) is 16.7. The fourth-order valence-corrected chi connectivity index (χ4v) is 4.85. The summed E-state index contributed by atoms with van der Waals surface area (Å²) in [6, 6.07) is 3.67. The van der Waals surface area contributed by atoms with Gasteiger partial charge in [0.25, 0.3) is 0 Å². The summed E-state index contributed by atoms with van der Waals surface area (Å²) >= 11 is 7.55. The van der Waals surface area contributed by atoms with E-state index in [0.717, 1.165) is 39.4 Å². The Bertz CT molecular complexity index is 989. The van der Waals surface area contributed by atoms with Crippen molar-refractivity contribution >= 4 is 54.2 Å². The second-order valence-electron chi connectivity index (χ2n) is 7.08. The number of fused-ring (bicyclic) bond motifs is 1. The van der Waals surface area contributed by atoms with E-state index in [9.17, 15) is 13.2 Å². The van der Waals surface area contributed by atoms with Gasteiger partial charge in [0.05, 0.1) is 36.2 Å². The molecule has 29 heavy (non-hydrogen) atoms. The predicted molar refractivity (Wildman–Crippen MR) is 116 cm³/mol. The first kappa shape index (κ1) is 22.4. The van der Waals surface area contributed by atoms with Gasteiger partial charge in [-0.25, -0.2) is 13.4 Å². The molecule has 0 radical (unpaired) electrons. The SMILES string of the molecule is Cc1cc(Cl)cc2sc(N(CCN3CCOCC3)C(=O)CN(C)S(C)(=O)=O)nc12. The van der Waals surface area contributed by atoms with Crippen LogP contribution in [0.15, 0.2) is 12.1 Å². The van der Waals surface area contributed by atoms with E-state index in [1.54, 1.807) is 4.90 Å². The van der Waals surface area contributed by atoms with Crippen LogP contribution in [0.3, 0.4) is 0 Å². The van der Waals surface area contributed by atoms with Crippen molar-refractivity contribution in [1.29, 1.82) is 0 Å². The fourth-order valence-electron chi connectivity index (χ4n) is 3.04. The Hall–Kier alpha value is -1.30. The molecule has 2 aromatic rings. The maximum atomic E-state index is 13.0. The number of benzene rings is 1. The zero-order valence-corrected chi connectivity index (χ0v) is 19.1. The van der Waals surface area contributed by atoms with Gasteiger partial charge in [-0.1, -0.05) is 22.9 Å². The summed E-state index contributed by atoms with van der Waals surface area (Å²) < 4.78 is 30.8. The van der Waals surface area contributed by atoms with Crippen LogP contribution in [-0.2, 0) is 19.6 Å². The Morgan fingerprint density at radius 3 is 2.69 bits per heavy atom. The van der Waals surface area contributed by atoms with Crippen molar-refractivity contribution in [2.75, 3.05) is 64.1 Å². The first-order valence-electron chi connectivity index (χ1n) is 9.23. The molecule has 0 N–H and O–H groups in total. The van der Waals surface area contributed by atoms with Crippen molar-refractivity contribution in [2.24, 2.45) is 0 Å². The van der Waals surface area contributed by atoms with Gasteiger partial charge in [-0.05, 0) is 24.6 Å². The van der Waals surface area contributed by atoms with E-state index in [4.69, 9.17) is 16.3 Å². The molecule has 0 aliphatic carbocycles. The van der Waals surface area contributed by atoms with Crippen LogP contribution in [-0.4, -0.2) is 87.8 Å². The highest BCUT2D eigenvalue weighted by molar-refractivity contribution is 7.88. The van der Waals surface area contributed by atoms with Crippen LogP contribution in [0.5, 0.6) is 0 Å².